The van der Waals surface area contributed by atoms with Crippen molar-refractivity contribution in [2.45, 2.75) is 51.2 Å². The van der Waals surface area contributed by atoms with Gasteiger partial charge in [-0.1, -0.05) is 12.1 Å². The van der Waals surface area contributed by atoms with Crippen molar-refractivity contribution >= 4 is 11.6 Å². The third-order valence-corrected chi connectivity index (χ3v) is 6.02. The number of rotatable bonds is 6. The number of nitrogens with zero attached hydrogens (tertiary/aromatic N) is 3. The van der Waals surface area contributed by atoms with E-state index in [9.17, 15) is 4.79 Å². The number of carbonyl (C=O) groups excluding carboxylic acids is 1. The predicted octanol–water partition coefficient (Wildman–Crippen LogP) is 3.14. The van der Waals surface area contributed by atoms with Crippen LogP contribution in [0.2, 0.25) is 0 Å². The monoisotopic (exact) mass is 378 g/mol. The zero-order valence-corrected chi connectivity index (χ0v) is 16.7. The fourth-order valence-corrected chi connectivity index (χ4v) is 4.48. The molecule has 0 bridgehead atoms. The van der Waals surface area contributed by atoms with Crippen LogP contribution < -0.4 is 10.2 Å². The molecular formula is C23H30N4O. The Kier molecular flexibility index (Phi) is 5.91. The number of nitrogens with one attached hydrogen (secondary N) is 1. The van der Waals surface area contributed by atoms with Crippen molar-refractivity contribution in [3.8, 4) is 0 Å². The zero-order chi connectivity index (χ0) is 19.3. The normalized spacial score (nSPS) is 20.6. The first-order valence-electron chi connectivity index (χ1n) is 10.4. The van der Waals surface area contributed by atoms with E-state index < -0.39 is 0 Å². The average Bonchev–Trinajstić information content (AvgIpc) is 3.13. The summed E-state index contributed by atoms with van der Waals surface area (Å²) in [7, 11) is 0. The third-order valence-electron chi connectivity index (χ3n) is 6.02. The van der Waals surface area contributed by atoms with Crippen molar-refractivity contribution in [2.24, 2.45) is 0 Å². The topological polar surface area (TPSA) is 48.5 Å². The molecule has 1 aromatic carbocycles. The van der Waals surface area contributed by atoms with Crippen LogP contribution >= 0.6 is 0 Å². The molecule has 0 spiro atoms. The molecule has 2 fully saturated rings. The van der Waals surface area contributed by atoms with Crippen LogP contribution in [0.3, 0.4) is 0 Å². The lowest BCUT2D eigenvalue weighted by Crippen LogP contribution is -2.48. The van der Waals surface area contributed by atoms with E-state index in [2.05, 4.69) is 63.4 Å². The van der Waals surface area contributed by atoms with Crippen LogP contribution in [0.5, 0.6) is 0 Å². The molecule has 1 aromatic heterocycles. The van der Waals surface area contributed by atoms with Gasteiger partial charge in [-0.15, -0.1) is 0 Å². The van der Waals surface area contributed by atoms with E-state index in [1.165, 1.54) is 16.8 Å². The molecule has 2 aliphatic heterocycles. The Bertz CT molecular complexity index is 786. The van der Waals surface area contributed by atoms with Crippen LogP contribution in [-0.4, -0.2) is 47.5 Å². The molecule has 5 nitrogen and oxygen atoms in total. The molecule has 3 heterocycles. The van der Waals surface area contributed by atoms with Gasteiger partial charge in [-0.25, -0.2) is 0 Å². The minimum atomic E-state index is 0.197. The first-order chi connectivity index (χ1) is 13.7. The summed E-state index contributed by atoms with van der Waals surface area (Å²) in [6.07, 6.45) is 7.66. The van der Waals surface area contributed by atoms with E-state index >= 15 is 0 Å². The third kappa shape index (κ3) is 4.71. The maximum Gasteiger partial charge on any atom is 0.220 e. The van der Waals surface area contributed by atoms with Gasteiger partial charge in [0, 0.05) is 62.8 Å². The summed E-state index contributed by atoms with van der Waals surface area (Å²) in [6.45, 7) is 6.17. The summed E-state index contributed by atoms with van der Waals surface area (Å²) in [5.74, 6) is 0.197. The number of amides is 1. The molecular weight excluding hydrogens is 348 g/mol. The van der Waals surface area contributed by atoms with Gasteiger partial charge in [0.05, 0.1) is 0 Å². The van der Waals surface area contributed by atoms with E-state index in [4.69, 9.17) is 0 Å². The van der Waals surface area contributed by atoms with E-state index in [1.807, 2.05) is 12.4 Å². The summed E-state index contributed by atoms with van der Waals surface area (Å²) in [4.78, 5) is 20.9. The lowest BCUT2D eigenvalue weighted by Gasteiger charge is -2.40. The fraction of sp³-hybridized carbons (Fsp3) is 0.478. The van der Waals surface area contributed by atoms with Crippen molar-refractivity contribution in [3.05, 3.63) is 59.9 Å². The summed E-state index contributed by atoms with van der Waals surface area (Å²) < 4.78 is 0. The van der Waals surface area contributed by atoms with Gasteiger partial charge in [-0.2, -0.15) is 0 Å². The van der Waals surface area contributed by atoms with Gasteiger partial charge in [0.1, 0.15) is 0 Å². The second-order valence-electron chi connectivity index (χ2n) is 8.15. The van der Waals surface area contributed by atoms with Gasteiger partial charge in [0.2, 0.25) is 5.91 Å². The molecule has 1 N–H and O–H groups in total. The molecule has 0 saturated carbocycles. The van der Waals surface area contributed by atoms with Crippen LogP contribution in [0.15, 0.2) is 48.8 Å². The standard InChI is InChI=1S/C23H30N4O/c1-18-3-2-4-22(15-18)26-13-9-21(10-14-26)27(16-19-7-11-24-12-8-19)17-20-5-6-23(28)25-20/h2-4,7-8,11-12,15,20-21H,5-6,9-10,13-14,16-17H2,1H3,(H,25,28)/t20-/m0/s1. The van der Waals surface area contributed by atoms with Crippen LogP contribution in [0, 0.1) is 6.92 Å². The summed E-state index contributed by atoms with van der Waals surface area (Å²) >= 11 is 0. The van der Waals surface area contributed by atoms with Crippen molar-refractivity contribution in [3.63, 3.8) is 0 Å². The number of aromatic nitrogens is 1. The Morgan fingerprint density at radius 3 is 2.61 bits per heavy atom. The molecule has 2 aromatic rings. The van der Waals surface area contributed by atoms with Gasteiger partial charge >= 0.3 is 0 Å². The second-order valence-corrected chi connectivity index (χ2v) is 8.15. The number of pyridine rings is 1. The molecule has 0 radical (unpaired) electrons. The molecule has 2 aliphatic rings. The van der Waals surface area contributed by atoms with Crippen molar-refractivity contribution in [1.82, 2.24) is 15.2 Å². The SMILES string of the molecule is Cc1cccc(N2CCC(N(Cc3ccncc3)C[C@@H]3CCC(=O)N3)CC2)c1. The smallest absolute Gasteiger partial charge is 0.220 e. The van der Waals surface area contributed by atoms with Crippen molar-refractivity contribution in [1.29, 1.82) is 0 Å². The number of aryl methyl sites for hydroxylation is 1. The number of hydrogen-bond donors (Lipinski definition) is 1. The number of hydrogen-bond acceptors (Lipinski definition) is 4. The predicted molar refractivity (Wildman–Crippen MR) is 112 cm³/mol. The summed E-state index contributed by atoms with van der Waals surface area (Å²) in [5.41, 5.74) is 3.94. The summed E-state index contributed by atoms with van der Waals surface area (Å²) in [5, 5.41) is 3.15. The first kappa shape index (κ1) is 18.9. The molecule has 5 heteroatoms. The molecule has 1 amide bonds. The maximum atomic E-state index is 11.7. The van der Waals surface area contributed by atoms with E-state index in [0.29, 0.717) is 12.5 Å². The van der Waals surface area contributed by atoms with E-state index in [1.54, 1.807) is 0 Å². The largest absolute Gasteiger partial charge is 0.371 e. The van der Waals surface area contributed by atoms with Gasteiger partial charge in [0.15, 0.2) is 0 Å². The Hall–Kier alpha value is -2.40. The highest BCUT2D eigenvalue weighted by molar-refractivity contribution is 5.78. The molecule has 0 aliphatic carbocycles. The second kappa shape index (κ2) is 8.74. The molecule has 148 valence electrons. The number of carbonyl (C=O) groups is 1. The highest BCUT2D eigenvalue weighted by atomic mass is 16.1. The minimum Gasteiger partial charge on any atom is -0.371 e. The molecule has 28 heavy (non-hydrogen) atoms. The number of piperidine rings is 1. The highest BCUT2D eigenvalue weighted by Gasteiger charge is 2.29. The van der Waals surface area contributed by atoms with E-state index in [-0.39, 0.29) is 11.9 Å². The van der Waals surface area contributed by atoms with Gasteiger partial charge < -0.3 is 10.2 Å². The van der Waals surface area contributed by atoms with Crippen molar-refractivity contribution < 1.29 is 4.79 Å². The maximum absolute atomic E-state index is 11.7. The van der Waals surface area contributed by atoms with Gasteiger partial charge in [0.25, 0.3) is 0 Å². The van der Waals surface area contributed by atoms with Crippen LogP contribution in [0.1, 0.15) is 36.8 Å². The highest BCUT2D eigenvalue weighted by Crippen LogP contribution is 2.25. The molecule has 4 rings (SSSR count). The molecule has 0 unspecified atom stereocenters. The average molecular weight is 379 g/mol. The van der Waals surface area contributed by atoms with Gasteiger partial charge in [-0.05, 0) is 61.6 Å². The minimum absolute atomic E-state index is 0.197. The van der Waals surface area contributed by atoms with Crippen LogP contribution in [-0.2, 0) is 11.3 Å². The van der Waals surface area contributed by atoms with E-state index in [0.717, 1.165) is 45.4 Å². The van der Waals surface area contributed by atoms with Gasteiger partial charge in [-0.3, -0.25) is 14.7 Å². The lowest BCUT2D eigenvalue weighted by molar-refractivity contribution is -0.119. The fourth-order valence-electron chi connectivity index (χ4n) is 4.48. The van der Waals surface area contributed by atoms with Crippen LogP contribution in [0.25, 0.3) is 0 Å². The molecule has 2 saturated heterocycles. The number of anilines is 1. The van der Waals surface area contributed by atoms with Crippen LogP contribution in [0.4, 0.5) is 5.69 Å². The Morgan fingerprint density at radius 2 is 1.93 bits per heavy atom. The quantitative estimate of drug-likeness (QED) is 0.839. The molecule has 1 atom stereocenters. The number of benzene rings is 1. The zero-order valence-electron chi connectivity index (χ0n) is 16.7. The Balaban J connectivity index is 1.42. The first-order valence-corrected chi connectivity index (χ1v) is 10.4. The van der Waals surface area contributed by atoms with Crippen molar-refractivity contribution in [2.75, 3.05) is 24.5 Å². The lowest BCUT2D eigenvalue weighted by atomic mass is 10.00. The Labute approximate surface area is 167 Å². The summed E-state index contributed by atoms with van der Waals surface area (Å²) in [6, 6.07) is 13.8. The Morgan fingerprint density at radius 1 is 1.14 bits per heavy atom.